The lowest BCUT2D eigenvalue weighted by Gasteiger charge is -2.08. The van der Waals surface area contributed by atoms with Gasteiger partial charge in [-0.05, 0) is 29.9 Å². The van der Waals surface area contributed by atoms with Crippen molar-refractivity contribution in [3.63, 3.8) is 0 Å². The molecule has 72 valence electrons. The zero-order chi connectivity index (χ0) is 9.84. The van der Waals surface area contributed by atoms with Gasteiger partial charge in [-0.1, -0.05) is 31.9 Å². The minimum absolute atomic E-state index is 0.837. The fraction of sp³-hybridized carbons (Fsp3) is 0.333. The minimum atomic E-state index is 0.837. The van der Waals surface area contributed by atoms with Crippen LogP contribution in [-0.4, -0.2) is 12.9 Å². The van der Waals surface area contributed by atoms with Gasteiger partial charge in [0.05, 0.1) is 7.11 Å². The lowest BCUT2D eigenvalue weighted by molar-refractivity contribution is 0.414. The van der Waals surface area contributed by atoms with Crippen LogP contribution in [0.2, 0.25) is 0 Å². The molecule has 1 aromatic carbocycles. The zero-order valence-corrected chi connectivity index (χ0v) is 11.2. The second-order valence-corrected chi connectivity index (χ2v) is 4.70. The van der Waals surface area contributed by atoms with Crippen LogP contribution in [0.25, 0.3) is 0 Å². The fourth-order valence-corrected chi connectivity index (χ4v) is 2.81. The van der Waals surface area contributed by atoms with Crippen LogP contribution in [0.3, 0.4) is 0 Å². The van der Waals surface area contributed by atoms with Gasteiger partial charge >= 0.3 is 0 Å². The number of halogens is 2. The highest BCUT2D eigenvalue weighted by Gasteiger charge is 2.06. The van der Waals surface area contributed by atoms with Crippen LogP contribution >= 0.6 is 44.5 Å². The highest BCUT2D eigenvalue weighted by atomic mass is 79.9. The summed E-state index contributed by atoms with van der Waals surface area (Å²) >= 11 is 11.2. The van der Waals surface area contributed by atoms with Gasteiger partial charge in [-0.25, -0.2) is 0 Å². The second-order valence-electron chi connectivity index (χ2n) is 2.54. The van der Waals surface area contributed by atoms with E-state index in [1.807, 2.05) is 12.1 Å². The van der Waals surface area contributed by atoms with Crippen LogP contribution in [0.1, 0.15) is 5.56 Å². The average Bonchev–Trinajstić information content (AvgIpc) is 2.11. The number of thiol groups is 1. The molecule has 0 aliphatic carbocycles. The van der Waals surface area contributed by atoms with Crippen molar-refractivity contribution in [2.45, 2.75) is 6.42 Å². The molecule has 1 nitrogen and oxygen atoms in total. The SMILES string of the molecule is COc1cc(Br)c(CCS)c(Br)c1. The Balaban J connectivity index is 3.07. The van der Waals surface area contributed by atoms with Crippen LogP contribution < -0.4 is 4.74 Å². The molecule has 0 unspecified atom stereocenters. The van der Waals surface area contributed by atoms with Gasteiger partial charge in [-0.3, -0.25) is 0 Å². The predicted octanol–water partition coefficient (Wildman–Crippen LogP) is 3.69. The summed E-state index contributed by atoms with van der Waals surface area (Å²) in [7, 11) is 1.66. The van der Waals surface area contributed by atoms with E-state index >= 15 is 0 Å². The van der Waals surface area contributed by atoms with Gasteiger partial charge in [-0.15, -0.1) is 0 Å². The third kappa shape index (κ3) is 2.89. The van der Waals surface area contributed by atoms with E-state index in [2.05, 4.69) is 44.5 Å². The van der Waals surface area contributed by atoms with Gasteiger partial charge in [-0.2, -0.15) is 12.6 Å². The summed E-state index contributed by atoms with van der Waals surface area (Å²) in [6, 6.07) is 3.92. The average molecular weight is 326 g/mol. The van der Waals surface area contributed by atoms with Crippen molar-refractivity contribution in [1.82, 2.24) is 0 Å². The summed E-state index contributed by atoms with van der Waals surface area (Å²) in [6.45, 7) is 0. The van der Waals surface area contributed by atoms with Crippen molar-refractivity contribution in [2.75, 3.05) is 12.9 Å². The first kappa shape index (κ1) is 11.4. The summed E-state index contributed by atoms with van der Waals surface area (Å²) in [6.07, 6.45) is 0.939. The molecule has 0 N–H and O–H groups in total. The Kier molecular flexibility index (Phi) is 4.62. The van der Waals surface area contributed by atoms with E-state index in [0.717, 1.165) is 26.9 Å². The molecule has 4 heteroatoms. The molecule has 0 saturated carbocycles. The molecule has 0 spiro atoms. The Morgan fingerprint density at radius 3 is 2.23 bits per heavy atom. The maximum Gasteiger partial charge on any atom is 0.121 e. The molecular formula is C9H10Br2OS. The molecule has 0 atom stereocenters. The summed E-state index contributed by atoms with van der Waals surface area (Å²) < 4.78 is 7.26. The topological polar surface area (TPSA) is 9.23 Å². The molecule has 0 aromatic heterocycles. The lowest BCUT2D eigenvalue weighted by atomic mass is 10.2. The van der Waals surface area contributed by atoms with Crippen molar-refractivity contribution < 1.29 is 4.74 Å². The van der Waals surface area contributed by atoms with Crippen molar-refractivity contribution >= 4 is 44.5 Å². The molecule has 0 aliphatic rings. The Morgan fingerprint density at radius 2 is 1.85 bits per heavy atom. The number of hydrogen-bond donors (Lipinski definition) is 1. The fourth-order valence-electron chi connectivity index (χ4n) is 1.05. The highest BCUT2D eigenvalue weighted by Crippen LogP contribution is 2.31. The second kappa shape index (κ2) is 5.27. The summed E-state index contributed by atoms with van der Waals surface area (Å²) in [5, 5.41) is 0. The molecule has 0 aliphatic heterocycles. The summed E-state index contributed by atoms with van der Waals surface area (Å²) in [5.74, 6) is 1.69. The van der Waals surface area contributed by atoms with Gasteiger partial charge in [0.25, 0.3) is 0 Å². The van der Waals surface area contributed by atoms with E-state index in [4.69, 9.17) is 4.74 Å². The number of benzene rings is 1. The standard InChI is InChI=1S/C9H10Br2OS/c1-12-6-4-8(10)7(2-3-13)9(11)5-6/h4-5,13H,2-3H2,1H3. The van der Waals surface area contributed by atoms with Gasteiger partial charge in [0.1, 0.15) is 5.75 Å². The first-order valence-electron chi connectivity index (χ1n) is 3.81. The third-order valence-electron chi connectivity index (χ3n) is 1.71. The Bertz CT molecular complexity index is 279. The van der Waals surface area contributed by atoms with Crippen molar-refractivity contribution in [2.24, 2.45) is 0 Å². The first-order valence-corrected chi connectivity index (χ1v) is 6.03. The maximum absolute atomic E-state index is 5.13. The van der Waals surface area contributed by atoms with E-state index in [1.54, 1.807) is 7.11 Å². The molecule has 1 aromatic rings. The Hall–Kier alpha value is 0.330. The van der Waals surface area contributed by atoms with Crippen molar-refractivity contribution in [3.8, 4) is 5.75 Å². The molecule has 0 fully saturated rings. The summed E-state index contributed by atoms with van der Waals surface area (Å²) in [4.78, 5) is 0. The molecule has 13 heavy (non-hydrogen) atoms. The van der Waals surface area contributed by atoms with Gasteiger partial charge in [0.15, 0.2) is 0 Å². The molecule has 0 amide bonds. The van der Waals surface area contributed by atoms with E-state index < -0.39 is 0 Å². The first-order chi connectivity index (χ1) is 6.19. The molecule has 0 radical (unpaired) electrons. The number of ether oxygens (including phenoxy) is 1. The molecule has 0 bridgehead atoms. The quantitative estimate of drug-likeness (QED) is 0.834. The van der Waals surface area contributed by atoms with Gasteiger partial charge in [0.2, 0.25) is 0 Å². The van der Waals surface area contributed by atoms with E-state index in [0.29, 0.717) is 0 Å². The number of rotatable bonds is 3. The number of hydrogen-bond acceptors (Lipinski definition) is 2. The molecule has 0 heterocycles. The van der Waals surface area contributed by atoms with E-state index in [-0.39, 0.29) is 0 Å². The molecular weight excluding hydrogens is 316 g/mol. The monoisotopic (exact) mass is 324 g/mol. The van der Waals surface area contributed by atoms with Gasteiger partial charge < -0.3 is 4.74 Å². The smallest absolute Gasteiger partial charge is 0.121 e. The van der Waals surface area contributed by atoms with Crippen LogP contribution in [0.5, 0.6) is 5.75 Å². The molecule has 0 saturated heterocycles. The van der Waals surface area contributed by atoms with Crippen LogP contribution in [-0.2, 0) is 6.42 Å². The summed E-state index contributed by atoms with van der Waals surface area (Å²) in [5.41, 5.74) is 1.23. The maximum atomic E-state index is 5.13. The van der Waals surface area contributed by atoms with Crippen LogP contribution in [0, 0.1) is 0 Å². The van der Waals surface area contributed by atoms with Crippen molar-refractivity contribution in [3.05, 3.63) is 26.6 Å². The Labute approximate surface area is 101 Å². The van der Waals surface area contributed by atoms with Gasteiger partial charge in [0, 0.05) is 8.95 Å². The lowest BCUT2D eigenvalue weighted by Crippen LogP contribution is -1.92. The Morgan fingerprint density at radius 1 is 1.31 bits per heavy atom. The van der Waals surface area contributed by atoms with Crippen molar-refractivity contribution in [1.29, 1.82) is 0 Å². The highest BCUT2D eigenvalue weighted by molar-refractivity contribution is 9.11. The largest absolute Gasteiger partial charge is 0.497 e. The third-order valence-corrected chi connectivity index (χ3v) is 3.35. The van der Waals surface area contributed by atoms with E-state index in [1.165, 1.54) is 5.56 Å². The number of methoxy groups -OCH3 is 1. The van der Waals surface area contributed by atoms with E-state index in [9.17, 15) is 0 Å². The zero-order valence-electron chi connectivity index (χ0n) is 7.18. The van der Waals surface area contributed by atoms with Crippen LogP contribution in [0.4, 0.5) is 0 Å². The molecule has 1 rings (SSSR count). The van der Waals surface area contributed by atoms with Crippen LogP contribution in [0.15, 0.2) is 21.1 Å². The predicted molar refractivity (Wildman–Crippen MR) is 66.0 cm³/mol. The normalized spacial score (nSPS) is 10.2. The minimum Gasteiger partial charge on any atom is -0.497 e.